The number of hydrogen-bond donors (Lipinski definition) is 1. The summed E-state index contributed by atoms with van der Waals surface area (Å²) in [4.78, 5) is 2.09. The van der Waals surface area contributed by atoms with Crippen molar-refractivity contribution in [3.05, 3.63) is 35.4 Å². The minimum atomic E-state index is -2.39. The highest BCUT2D eigenvalue weighted by molar-refractivity contribution is 5.24. The maximum absolute atomic E-state index is 12.5. The van der Waals surface area contributed by atoms with Crippen LogP contribution in [0.1, 0.15) is 24.5 Å². The van der Waals surface area contributed by atoms with Gasteiger partial charge in [-0.2, -0.15) is 0 Å². The third kappa shape index (κ3) is 5.24. The Bertz CT molecular complexity index is 340. The number of halogens is 2. The van der Waals surface area contributed by atoms with E-state index in [1.165, 1.54) is 6.07 Å². The molecule has 2 nitrogen and oxygen atoms in total. The molecule has 0 bridgehead atoms. The smallest absolute Gasteiger partial charge is 0.263 e. The Morgan fingerprint density at radius 2 is 2.00 bits per heavy atom. The van der Waals surface area contributed by atoms with Crippen LogP contribution in [-0.4, -0.2) is 31.6 Å². The van der Waals surface area contributed by atoms with E-state index in [0.717, 1.165) is 12.1 Å². The molecule has 0 fully saturated rings. The van der Waals surface area contributed by atoms with E-state index in [2.05, 4.69) is 17.1 Å². The van der Waals surface area contributed by atoms with Crippen LogP contribution in [0.15, 0.2) is 24.3 Å². The van der Waals surface area contributed by atoms with Gasteiger partial charge in [-0.15, -0.1) is 0 Å². The van der Waals surface area contributed by atoms with Gasteiger partial charge in [-0.3, -0.25) is 0 Å². The highest BCUT2D eigenvalue weighted by Gasteiger charge is 2.07. The summed E-state index contributed by atoms with van der Waals surface area (Å²) >= 11 is 0. The van der Waals surface area contributed by atoms with Gasteiger partial charge in [0.2, 0.25) is 0 Å². The molecule has 0 amide bonds. The number of nitrogens with zero attached hydrogens (tertiary/aromatic N) is 1. The molecule has 96 valence electrons. The van der Waals surface area contributed by atoms with Crippen LogP contribution >= 0.6 is 0 Å². The third-order valence-corrected chi connectivity index (χ3v) is 2.50. The van der Waals surface area contributed by atoms with Gasteiger partial charge < -0.3 is 10.2 Å². The second-order valence-electron chi connectivity index (χ2n) is 4.59. The molecule has 1 N–H and O–H groups in total. The summed E-state index contributed by atoms with van der Waals surface area (Å²) < 4.78 is 25.0. The second-order valence-corrected chi connectivity index (χ2v) is 4.59. The Labute approximate surface area is 102 Å². The second kappa shape index (κ2) is 6.67. The molecule has 1 aromatic rings. The highest BCUT2D eigenvalue weighted by atomic mass is 19.3. The number of likely N-dealkylation sites (N-methyl/N-ethyl adjacent to an activating group) is 1. The van der Waals surface area contributed by atoms with Crippen molar-refractivity contribution in [1.82, 2.24) is 10.2 Å². The Morgan fingerprint density at radius 1 is 1.29 bits per heavy atom. The average Bonchev–Trinajstić information content (AvgIpc) is 2.26. The molecule has 1 unspecified atom stereocenters. The number of alkyl halides is 2. The largest absolute Gasteiger partial charge is 0.309 e. The first-order chi connectivity index (χ1) is 7.99. The first kappa shape index (κ1) is 14.1. The van der Waals surface area contributed by atoms with E-state index < -0.39 is 6.43 Å². The molecule has 17 heavy (non-hydrogen) atoms. The van der Waals surface area contributed by atoms with Gasteiger partial charge in [0.05, 0.1) is 0 Å². The molecule has 1 aromatic carbocycles. The van der Waals surface area contributed by atoms with Crippen molar-refractivity contribution >= 4 is 0 Å². The Balaban J connectivity index is 2.49. The summed E-state index contributed by atoms with van der Waals surface area (Å²) in [7, 11) is 4.02. The standard InChI is InChI=1S/C13H20F2N2/c1-10(9-17(2)3)16-8-11-5-4-6-12(7-11)13(14)15/h4-7,10,13,16H,8-9H2,1-3H3. The normalized spacial score (nSPS) is 13.4. The summed E-state index contributed by atoms with van der Waals surface area (Å²) in [5.41, 5.74) is 0.984. The molecular formula is C13H20F2N2. The zero-order valence-corrected chi connectivity index (χ0v) is 10.6. The number of rotatable bonds is 6. The van der Waals surface area contributed by atoms with E-state index in [-0.39, 0.29) is 5.56 Å². The Morgan fingerprint density at radius 3 is 2.59 bits per heavy atom. The fourth-order valence-electron chi connectivity index (χ4n) is 1.74. The van der Waals surface area contributed by atoms with E-state index >= 15 is 0 Å². The molecule has 0 aliphatic heterocycles. The van der Waals surface area contributed by atoms with Crippen LogP contribution in [0.4, 0.5) is 8.78 Å². The van der Waals surface area contributed by atoms with Crippen LogP contribution < -0.4 is 5.32 Å². The van der Waals surface area contributed by atoms with Gasteiger partial charge >= 0.3 is 0 Å². The lowest BCUT2D eigenvalue weighted by Crippen LogP contribution is -2.35. The molecule has 4 heteroatoms. The van der Waals surface area contributed by atoms with Crippen molar-refractivity contribution in [3.63, 3.8) is 0 Å². The molecule has 1 atom stereocenters. The molecular weight excluding hydrogens is 222 g/mol. The van der Waals surface area contributed by atoms with Crippen LogP contribution in [0, 0.1) is 0 Å². The fourth-order valence-corrected chi connectivity index (χ4v) is 1.74. The van der Waals surface area contributed by atoms with Crippen molar-refractivity contribution < 1.29 is 8.78 Å². The predicted octanol–water partition coefficient (Wildman–Crippen LogP) is 2.66. The maximum atomic E-state index is 12.5. The van der Waals surface area contributed by atoms with Crippen LogP contribution in [0.2, 0.25) is 0 Å². The summed E-state index contributed by atoms with van der Waals surface area (Å²) in [6.45, 7) is 3.63. The molecule has 0 aliphatic carbocycles. The molecule has 0 heterocycles. The van der Waals surface area contributed by atoms with Crippen LogP contribution in [0.3, 0.4) is 0 Å². The van der Waals surface area contributed by atoms with Gasteiger partial charge in [-0.1, -0.05) is 18.2 Å². The summed E-state index contributed by atoms with van der Waals surface area (Å²) in [5.74, 6) is 0. The third-order valence-electron chi connectivity index (χ3n) is 2.50. The quantitative estimate of drug-likeness (QED) is 0.825. The molecule has 1 rings (SSSR count). The molecule has 0 aliphatic rings. The van der Waals surface area contributed by atoms with Crippen molar-refractivity contribution in [2.24, 2.45) is 0 Å². The van der Waals surface area contributed by atoms with E-state index in [9.17, 15) is 8.78 Å². The fraction of sp³-hybridized carbons (Fsp3) is 0.538. The first-order valence-electron chi connectivity index (χ1n) is 5.74. The highest BCUT2D eigenvalue weighted by Crippen LogP contribution is 2.19. The summed E-state index contributed by atoms with van der Waals surface area (Å²) in [6.07, 6.45) is -2.39. The topological polar surface area (TPSA) is 15.3 Å². The SMILES string of the molecule is CC(CN(C)C)NCc1cccc(C(F)F)c1. The lowest BCUT2D eigenvalue weighted by molar-refractivity contribution is 0.151. The monoisotopic (exact) mass is 242 g/mol. The van der Waals surface area contributed by atoms with Gasteiger partial charge in [0.1, 0.15) is 0 Å². The zero-order chi connectivity index (χ0) is 12.8. The van der Waals surface area contributed by atoms with E-state index in [1.807, 2.05) is 20.2 Å². The van der Waals surface area contributed by atoms with Gasteiger partial charge in [-0.05, 0) is 32.6 Å². The van der Waals surface area contributed by atoms with Crippen molar-refractivity contribution in [2.45, 2.75) is 25.9 Å². The van der Waals surface area contributed by atoms with Crippen molar-refractivity contribution in [2.75, 3.05) is 20.6 Å². The van der Waals surface area contributed by atoms with Crippen molar-refractivity contribution in [3.8, 4) is 0 Å². The number of nitrogens with one attached hydrogen (secondary N) is 1. The van der Waals surface area contributed by atoms with Crippen LogP contribution in [0.5, 0.6) is 0 Å². The maximum Gasteiger partial charge on any atom is 0.263 e. The molecule has 0 aromatic heterocycles. The van der Waals surface area contributed by atoms with Gasteiger partial charge in [0.25, 0.3) is 6.43 Å². The van der Waals surface area contributed by atoms with Gasteiger partial charge in [0, 0.05) is 24.7 Å². The predicted molar refractivity (Wildman–Crippen MR) is 66.3 cm³/mol. The Kier molecular flexibility index (Phi) is 5.51. The minimum Gasteiger partial charge on any atom is -0.309 e. The van der Waals surface area contributed by atoms with Crippen LogP contribution in [0.25, 0.3) is 0 Å². The average molecular weight is 242 g/mol. The molecule has 0 saturated heterocycles. The molecule has 0 saturated carbocycles. The number of hydrogen-bond acceptors (Lipinski definition) is 2. The zero-order valence-electron chi connectivity index (χ0n) is 10.6. The first-order valence-corrected chi connectivity index (χ1v) is 5.74. The van der Waals surface area contributed by atoms with E-state index in [1.54, 1.807) is 12.1 Å². The lowest BCUT2D eigenvalue weighted by atomic mass is 10.1. The van der Waals surface area contributed by atoms with E-state index in [4.69, 9.17) is 0 Å². The lowest BCUT2D eigenvalue weighted by Gasteiger charge is -2.18. The molecule has 0 radical (unpaired) electrons. The summed E-state index contributed by atoms with van der Waals surface area (Å²) in [6, 6.07) is 6.88. The van der Waals surface area contributed by atoms with Crippen molar-refractivity contribution in [1.29, 1.82) is 0 Å². The number of benzene rings is 1. The minimum absolute atomic E-state index is 0.0876. The molecule has 0 spiro atoms. The van der Waals surface area contributed by atoms with Gasteiger partial charge in [0.15, 0.2) is 0 Å². The van der Waals surface area contributed by atoms with Crippen LogP contribution in [-0.2, 0) is 6.54 Å². The van der Waals surface area contributed by atoms with Gasteiger partial charge in [-0.25, -0.2) is 8.78 Å². The summed E-state index contributed by atoms with van der Waals surface area (Å²) in [5, 5.41) is 3.31. The Hall–Kier alpha value is -1.00. The van der Waals surface area contributed by atoms with E-state index in [0.29, 0.717) is 12.6 Å².